The van der Waals surface area contributed by atoms with E-state index < -0.39 is 0 Å². The summed E-state index contributed by atoms with van der Waals surface area (Å²) in [6.45, 7) is 3.16. The van der Waals surface area contributed by atoms with Crippen molar-refractivity contribution in [3.8, 4) is 0 Å². The van der Waals surface area contributed by atoms with Crippen LogP contribution in [0.4, 0.5) is 0 Å². The minimum atomic E-state index is 0.647. The normalized spacial score (nSPS) is 26.0. The van der Waals surface area contributed by atoms with Crippen molar-refractivity contribution in [2.45, 2.75) is 31.1 Å². The fraction of sp³-hybridized carbons (Fsp3) is 0.800. The molecule has 0 N–H and O–H groups in total. The Bertz CT molecular complexity index is 315. The molecule has 5 heteroatoms. The third-order valence-electron chi connectivity index (χ3n) is 2.70. The molecular formula is C10H16BrN3S. The lowest BCUT2D eigenvalue weighted by atomic mass is 10.0. The van der Waals surface area contributed by atoms with Crippen LogP contribution < -0.4 is 0 Å². The summed E-state index contributed by atoms with van der Waals surface area (Å²) in [6.07, 6.45) is 3.85. The number of aryl methyl sites for hydroxylation is 1. The first-order valence-corrected chi connectivity index (χ1v) is 7.46. The van der Waals surface area contributed by atoms with Crippen LogP contribution in [0.3, 0.4) is 0 Å². The number of halogens is 1. The van der Waals surface area contributed by atoms with Gasteiger partial charge in [0, 0.05) is 23.5 Å². The van der Waals surface area contributed by atoms with Crippen molar-refractivity contribution < 1.29 is 0 Å². The van der Waals surface area contributed by atoms with Crippen LogP contribution in [0.1, 0.15) is 19.2 Å². The minimum absolute atomic E-state index is 0.647. The molecule has 2 heterocycles. The molecule has 1 aromatic rings. The standard InChI is InChI=1S/C10H16BrN3S/c1-2-3-14-10(12-7-13-14)4-8-5-15-6-9(8)11/h7-9H,2-6H2,1H3. The van der Waals surface area contributed by atoms with Gasteiger partial charge in [-0.3, -0.25) is 4.68 Å². The van der Waals surface area contributed by atoms with Crippen LogP contribution in [0.15, 0.2) is 6.33 Å². The number of thioether (sulfide) groups is 1. The Balaban J connectivity index is 2.00. The lowest BCUT2D eigenvalue weighted by molar-refractivity contribution is 0.521. The van der Waals surface area contributed by atoms with Gasteiger partial charge >= 0.3 is 0 Å². The van der Waals surface area contributed by atoms with Crippen molar-refractivity contribution in [2.24, 2.45) is 5.92 Å². The van der Waals surface area contributed by atoms with Crippen LogP contribution in [-0.2, 0) is 13.0 Å². The highest BCUT2D eigenvalue weighted by molar-refractivity contribution is 9.09. The average molecular weight is 290 g/mol. The number of nitrogens with zero attached hydrogens (tertiary/aromatic N) is 3. The lowest BCUT2D eigenvalue weighted by Gasteiger charge is -2.12. The van der Waals surface area contributed by atoms with E-state index in [1.807, 2.05) is 16.4 Å². The summed E-state index contributed by atoms with van der Waals surface area (Å²) in [7, 11) is 0. The summed E-state index contributed by atoms with van der Waals surface area (Å²) in [4.78, 5) is 5.00. The largest absolute Gasteiger partial charge is 0.250 e. The Kier molecular flexibility index (Phi) is 4.08. The summed E-state index contributed by atoms with van der Waals surface area (Å²) in [5, 5.41) is 4.26. The van der Waals surface area contributed by atoms with E-state index in [0.29, 0.717) is 4.83 Å². The maximum Gasteiger partial charge on any atom is 0.138 e. The summed E-state index contributed by atoms with van der Waals surface area (Å²) in [6, 6.07) is 0. The van der Waals surface area contributed by atoms with Crippen molar-refractivity contribution in [1.82, 2.24) is 14.8 Å². The van der Waals surface area contributed by atoms with Crippen LogP contribution in [0, 0.1) is 5.92 Å². The fourth-order valence-corrected chi connectivity index (χ4v) is 4.31. The molecule has 1 aliphatic heterocycles. The summed E-state index contributed by atoms with van der Waals surface area (Å²) < 4.78 is 2.04. The predicted octanol–water partition coefficient (Wildman–Crippen LogP) is 2.36. The molecule has 0 aromatic carbocycles. The average Bonchev–Trinajstić information content (AvgIpc) is 2.80. The molecule has 1 aliphatic rings. The number of hydrogen-bond acceptors (Lipinski definition) is 3. The van der Waals surface area contributed by atoms with Gasteiger partial charge in [0.25, 0.3) is 0 Å². The number of rotatable bonds is 4. The highest BCUT2D eigenvalue weighted by Gasteiger charge is 2.26. The van der Waals surface area contributed by atoms with Crippen LogP contribution in [0.5, 0.6) is 0 Å². The molecule has 1 fully saturated rings. The first-order chi connectivity index (χ1) is 7.31. The van der Waals surface area contributed by atoms with E-state index in [9.17, 15) is 0 Å². The summed E-state index contributed by atoms with van der Waals surface area (Å²) >= 11 is 5.76. The zero-order valence-corrected chi connectivity index (χ0v) is 11.3. The Hall–Kier alpha value is -0.0300. The molecule has 0 bridgehead atoms. The molecule has 1 aromatic heterocycles. The number of aromatic nitrogens is 3. The quantitative estimate of drug-likeness (QED) is 0.798. The third kappa shape index (κ3) is 2.75. The van der Waals surface area contributed by atoms with Gasteiger partial charge in [-0.15, -0.1) is 0 Å². The van der Waals surface area contributed by atoms with Crippen molar-refractivity contribution in [3.63, 3.8) is 0 Å². The molecule has 2 unspecified atom stereocenters. The van der Waals surface area contributed by atoms with Gasteiger partial charge in [0.2, 0.25) is 0 Å². The molecule has 0 aliphatic carbocycles. The van der Waals surface area contributed by atoms with Crippen molar-refractivity contribution in [1.29, 1.82) is 0 Å². The second-order valence-corrected chi connectivity index (χ2v) is 6.17. The highest BCUT2D eigenvalue weighted by Crippen LogP contribution is 2.31. The van der Waals surface area contributed by atoms with Gasteiger partial charge < -0.3 is 0 Å². The predicted molar refractivity (Wildman–Crippen MR) is 67.5 cm³/mol. The Morgan fingerprint density at radius 3 is 3.13 bits per heavy atom. The van der Waals surface area contributed by atoms with Gasteiger partial charge in [-0.2, -0.15) is 16.9 Å². The zero-order valence-electron chi connectivity index (χ0n) is 8.90. The van der Waals surface area contributed by atoms with Gasteiger partial charge in [0.1, 0.15) is 12.2 Å². The smallest absolute Gasteiger partial charge is 0.138 e. The minimum Gasteiger partial charge on any atom is -0.250 e. The molecule has 0 spiro atoms. The topological polar surface area (TPSA) is 30.7 Å². The maximum absolute atomic E-state index is 4.35. The van der Waals surface area contributed by atoms with E-state index in [4.69, 9.17) is 0 Å². The molecule has 2 atom stereocenters. The third-order valence-corrected chi connectivity index (χ3v) is 5.46. The lowest BCUT2D eigenvalue weighted by Crippen LogP contribution is -2.17. The highest BCUT2D eigenvalue weighted by atomic mass is 79.9. The van der Waals surface area contributed by atoms with E-state index in [2.05, 4.69) is 32.9 Å². The molecule has 3 nitrogen and oxygen atoms in total. The Morgan fingerprint density at radius 2 is 2.47 bits per heavy atom. The molecular weight excluding hydrogens is 274 g/mol. The molecule has 15 heavy (non-hydrogen) atoms. The molecule has 1 saturated heterocycles. The zero-order chi connectivity index (χ0) is 10.7. The Labute approximate surface area is 103 Å². The number of alkyl halides is 1. The molecule has 84 valence electrons. The molecule has 0 saturated carbocycles. The second-order valence-electron chi connectivity index (χ2n) is 3.92. The van der Waals surface area contributed by atoms with Gasteiger partial charge in [-0.25, -0.2) is 4.98 Å². The van der Waals surface area contributed by atoms with E-state index in [0.717, 1.165) is 31.1 Å². The van der Waals surface area contributed by atoms with Crippen LogP contribution >= 0.6 is 27.7 Å². The molecule has 2 rings (SSSR count). The second kappa shape index (κ2) is 5.34. The summed E-state index contributed by atoms with van der Waals surface area (Å²) in [5.41, 5.74) is 0. The van der Waals surface area contributed by atoms with Gasteiger partial charge in [-0.1, -0.05) is 22.9 Å². The molecule has 0 amide bonds. The van der Waals surface area contributed by atoms with Gasteiger partial charge in [0.05, 0.1) is 0 Å². The monoisotopic (exact) mass is 289 g/mol. The maximum atomic E-state index is 4.35. The van der Waals surface area contributed by atoms with Crippen molar-refractivity contribution >= 4 is 27.7 Å². The fourth-order valence-electron chi connectivity index (χ4n) is 1.84. The van der Waals surface area contributed by atoms with Crippen LogP contribution in [-0.4, -0.2) is 31.1 Å². The van der Waals surface area contributed by atoms with Gasteiger partial charge in [-0.05, 0) is 18.1 Å². The van der Waals surface area contributed by atoms with Crippen LogP contribution in [0.25, 0.3) is 0 Å². The van der Waals surface area contributed by atoms with Gasteiger partial charge in [0.15, 0.2) is 0 Å². The van der Waals surface area contributed by atoms with E-state index >= 15 is 0 Å². The summed E-state index contributed by atoms with van der Waals surface area (Å²) in [5.74, 6) is 4.34. The van der Waals surface area contributed by atoms with E-state index in [-0.39, 0.29) is 0 Å². The van der Waals surface area contributed by atoms with E-state index in [1.165, 1.54) is 11.5 Å². The first-order valence-electron chi connectivity index (χ1n) is 5.39. The van der Waals surface area contributed by atoms with Crippen molar-refractivity contribution in [2.75, 3.05) is 11.5 Å². The number of hydrogen-bond donors (Lipinski definition) is 0. The SMILES string of the molecule is CCCn1ncnc1CC1CSCC1Br. The first kappa shape index (κ1) is 11.5. The van der Waals surface area contributed by atoms with Crippen molar-refractivity contribution in [3.05, 3.63) is 12.2 Å². The molecule has 0 radical (unpaired) electrons. The Morgan fingerprint density at radius 1 is 1.60 bits per heavy atom. The van der Waals surface area contributed by atoms with E-state index in [1.54, 1.807) is 6.33 Å². The van der Waals surface area contributed by atoms with Crippen LogP contribution in [0.2, 0.25) is 0 Å².